The average molecular weight is 436 g/mol. The highest BCUT2D eigenvalue weighted by Gasteiger charge is 2.34. The van der Waals surface area contributed by atoms with Gasteiger partial charge in [0.25, 0.3) is 0 Å². The second kappa shape index (κ2) is 8.83. The third-order valence-electron chi connectivity index (χ3n) is 6.27. The Kier molecular flexibility index (Phi) is 5.76. The van der Waals surface area contributed by atoms with Crippen molar-refractivity contribution in [2.45, 2.75) is 31.5 Å². The van der Waals surface area contributed by atoms with Gasteiger partial charge >= 0.3 is 0 Å². The van der Waals surface area contributed by atoms with Crippen molar-refractivity contribution in [2.75, 3.05) is 29.9 Å². The Balaban J connectivity index is 1.24. The smallest absolute Gasteiger partial charge is 0.135 e. The van der Waals surface area contributed by atoms with Crippen molar-refractivity contribution < 1.29 is 5.11 Å². The van der Waals surface area contributed by atoms with Crippen LogP contribution in [-0.4, -0.2) is 51.8 Å². The molecule has 0 spiro atoms. The van der Waals surface area contributed by atoms with E-state index in [0.29, 0.717) is 11.6 Å². The van der Waals surface area contributed by atoms with Gasteiger partial charge in [0.2, 0.25) is 0 Å². The van der Waals surface area contributed by atoms with Crippen LogP contribution in [0.5, 0.6) is 0 Å². The molecule has 0 saturated carbocycles. The molecular weight excluding hydrogens is 410 g/mol. The first-order valence-corrected chi connectivity index (χ1v) is 11.1. The number of aliphatic hydroxyl groups is 1. The van der Waals surface area contributed by atoms with Gasteiger partial charge < -0.3 is 15.3 Å². The van der Waals surface area contributed by atoms with Crippen LogP contribution in [0.4, 0.5) is 17.3 Å². The number of halogens is 1. The van der Waals surface area contributed by atoms with Gasteiger partial charge in [0.1, 0.15) is 18.0 Å². The van der Waals surface area contributed by atoms with Crippen LogP contribution >= 0.6 is 11.6 Å². The van der Waals surface area contributed by atoms with Crippen LogP contribution in [0.2, 0.25) is 5.02 Å². The van der Waals surface area contributed by atoms with Gasteiger partial charge in [-0.3, -0.25) is 4.90 Å². The minimum Gasteiger partial charge on any atom is -0.390 e. The highest BCUT2D eigenvalue weighted by Crippen LogP contribution is 2.28. The lowest BCUT2D eigenvalue weighted by molar-refractivity contribution is 0.0293. The highest BCUT2D eigenvalue weighted by atomic mass is 35.5. The number of fused-ring (bicyclic) bond motifs is 1. The van der Waals surface area contributed by atoms with Gasteiger partial charge in [-0.2, -0.15) is 0 Å². The number of hydrogen-bond donors (Lipinski definition) is 2. The average Bonchev–Trinajstić information content (AvgIpc) is 2.80. The van der Waals surface area contributed by atoms with E-state index in [2.05, 4.69) is 49.4 Å². The fraction of sp³-hybridized carbons (Fsp3) is 0.333. The number of anilines is 3. The van der Waals surface area contributed by atoms with Crippen molar-refractivity contribution in [3.63, 3.8) is 0 Å². The summed E-state index contributed by atoms with van der Waals surface area (Å²) in [6, 6.07) is 18.3. The number of hydrogen-bond acceptors (Lipinski definition) is 6. The van der Waals surface area contributed by atoms with Crippen LogP contribution in [0.15, 0.2) is 60.9 Å². The standard InChI is InChI=1S/C24H26ClN5O/c25-19-5-7-20(8-6-19)28-23-13-24(27-16-26-23)30-12-10-21(22(31)15-30)29-11-9-17-3-1-2-4-18(17)14-29/h1-8,13,16,21-22,31H,9-12,14-15H2,(H,26,27,28)/t21-,22-/m1/s1. The third kappa shape index (κ3) is 4.51. The van der Waals surface area contributed by atoms with Crippen LogP contribution in [0.3, 0.4) is 0 Å². The van der Waals surface area contributed by atoms with E-state index in [-0.39, 0.29) is 6.04 Å². The molecule has 2 aliphatic heterocycles. The molecule has 1 aromatic heterocycles. The molecule has 1 saturated heterocycles. The van der Waals surface area contributed by atoms with Crippen LogP contribution < -0.4 is 10.2 Å². The van der Waals surface area contributed by atoms with E-state index >= 15 is 0 Å². The molecule has 160 valence electrons. The third-order valence-corrected chi connectivity index (χ3v) is 6.52. The van der Waals surface area contributed by atoms with Gasteiger partial charge in [-0.05, 0) is 48.2 Å². The van der Waals surface area contributed by atoms with Crippen molar-refractivity contribution >= 4 is 28.9 Å². The maximum atomic E-state index is 11.0. The first-order chi connectivity index (χ1) is 15.2. The summed E-state index contributed by atoms with van der Waals surface area (Å²) in [6.45, 7) is 3.35. The Morgan fingerprint density at radius 3 is 2.61 bits per heavy atom. The lowest BCUT2D eigenvalue weighted by Crippen LogP contribution is -2.55. The van der Waals surface area contributed by atoms with E-state index < -0.39 is 6.10 Å². The Bertz CT molecular complexity index is 1040. The molecule has 2 aromatic carbocycles. The number of nitrogens with one attached hydrogen (secondary N) is 1. The normalized spacial score (nSPS) is 21.5. The molecule has 0 bridgehead atoms. The van der Waals surface area contributed by atoms with Gasteiger partial charge in [0.05, 0.1) is 6.10 Å². The first-order valence-electron chi connectivity index (χ1n) is 10.7. The van der Waals surface area contributed by atoms with Crippen LogP contribution in [0, 0.1) is 0 Å². The second-order valence-electron chi connectivity index (χ2n) is 8.25. The molecule has 2 N–H and O–H groups in total. The highest BCUT2D eigenvalue weighted by molar-refractivity contribution is 6.30. The maximum Gasteiger partial charge on any atom is 0.135 e. The van der Waals surface area contributed by atoms with E-state index in [9.17, 15) is 5.11 Å². The zero-order valence-corrected chi connectivity index (χ0v) is 18.0. The fourth-order valence-corrected chi connectivity index (χ4v) is 4.75. The molecule has 5 rings (SSSR count). The van der Waals surface area contributed by atoms with Crippen LogP contribution in [0.25, 0.3) is 0 Å². The first kappa shape index (κ1) is 20.2. The number of aliphatic hydroxyl groups excluding tert-OH is 1. The molecule has 1 fully saturated rings. The zero-order valence-electron chi connectivity index (χ0n) is 17.3. The summed E-state index contributed by atoms with van der Waals surface area (Å²) in [7, 11) is 0. The van der Waals surface area contributed by atoms with E-state index in [1.807, 2.05) is 30.3 Å². The Hall–Kier alpha value is -2.67. The van der Waals surface area contributed by atoms with Crippen molar-refractivity contribution in [3.8, 4) is 0 Å². The number of benzene rings is 2. The summed E-state index contributed by atoms with van der Waals surface area (Å²) in [5.74, 6) is 1.55. The predicted molar refractivity (Wildman–Crippen MR) is 124 cm³/mol. The van der Waals surface area contributed by atoms with E-state index in [1.54, 1.807) is 6.33 Å². The number of β-amino-alcohol motifs (C(OH)–C–C–N with tert-alkyl or cyclic N) is 1. The molecule has 3 aromatic rings. The quantitative estimate of drug-likeness (QED) is 0.648. The zero-order chi connectivity index (χ0) is 21.2. The molecular formula is C24H26ClN5O. The number of rotatable bonds is 4. The largest absolute Gasteiger partial charge is 0.390 e. The Morgan fingerprint density at radius 2 is 1.81 bits per heavy atom. The second-order valence-corrected chi connectivity index (χ2v) is 8.69. The molecule has 6 nitrogen and oxygen atoms in total. The fourth-order valence-electron chi connectivity index (χ4n) is 4.62. The maximum absolute atomic E-state index is 11.0. The Labute approximate surface area is 187 Å². The van der Waals surface area contributed by atoms with Crippen LogP contribution in [-0.2, 0) is 13.0 Å². The molecule has 2 atom stereocenters. The number of piperidine rings is 1. The monoisotopic (exact) mass is 435 g/mol. The van der Waals surface area contributed by atoms with Crippen molar-refractivity contribution in [1.29, 1.82) is 0 Å². The van der Waals surface area contributed by atoms with Gasteiger partial charge in [0.15, 0.2) is 0 Å². The molecule has 0 amide bonds. The summed E-state index contributed by atoms with van der Waals surface area (Å²) in [5.41, 5.74) is 3.74. The van der Waals surface area contributed by atoms with Crippen molar-refractivity contribution in [2.24, 2.45) is 0 Å². The van der Waals surface area contributed by atoms with Crippen molar-refractivity contribution in [3.05, 3.63) is 77.1 Å². The minimum absolute atomic E-state index is 0.179. The molecule has 7 heteroatoms. The van der Waals surface area contributed by atoms with E-state index in [4.69, 9.17) is 11.6 Å². The molecule has 3 heterocycles. The summed E-state index contributed by atoms with van der Waals surface area (Å²) >= 11 is 5.96. The van der Waals surface area contributed by atoms with Gasteiger partial charge in [0, 0.05) is 49.0 Å². The predicted octanol–water partition coefficient (Wildman–Crippen LogP) is 3.87. The van der Waals surface area contributed by atoms with Gasteiger partial charge in [-0.1, -0.05) is 35.9 Å². The van der Waals surface area contributed by atoms with Crippen molar-refractivity contribution in [1.82, 2.24) is 14.9 Å². The topological polar surface area (TPSA) is 64.5 Å². The summed E-state index contributed by atoms with van der Waals surface area (Å²) in [5, 5.41) is 15.0. The molecule has 0 radical (unpaired) electrons. The molecule has 2 aliphatic rings. The van der Waals surface area contributed by atoms with Crippen LogP contribution in [0.1, 0.15) is 17.5 Å². The number of aromatic nitrogens is 2. The number of nitrogens with zero attached hydrogens (tertiary/aromatic N) is 4. The SMILES string of the molecule is O[C@@H]1CN(c2cc(Nc3ccc(Cl)cc3)ncn2)CC[C@H]1N1CCc2ccccc2C1. The lowest BCUT2D eigenvalue weighted by atomic mass is 9.94. The molecule has 0 aliphatic carbocycles. The molecule has 31 heavy (non-hydrogen) atoms. The minimum atomic E-state index is -0.415. The van der Waals surface area contributed by atoms with E-state index in [0.717, 1.165) is 49.8 Å². The van der Waals surface area contributed by atoms with Gasteiger partial charge in [-0.15, -0.1) is 0 Å². The Morgan fingerprint density at radius 1 is 1.00 bits per heavy atom. The summed E-state index contributed by atoms with van der Waals surface area (Å²) in [6.07, 6.45) is 3.11. The summed E-state index contributed by atoms with van der Waals surface area (Å²) < 4.78 is 0. The molecule has 0 unspecified atom stereocenters. The van der Waals surface area contributed by atoms with Gasteiger partial charge in [-0.25, -0.2) is 9.97 Å². The lowest BCUT2D eigenvalue weighted by Gasteiger charge is -2.43. The van der Waals surface area contributed by atoms with E-state index in [1.165, 1.54) is 11.1 Å². The summed E-state index contributed by atoms with van der Waals surface area (Å²) in [4.78, 5) is 13.4.